The van der Waals surface area contributed by atoms with Crippen LogP contribution in [0.15, 0.2) is 22.5 Å². The molecule has 1 nitrogen and oxygen atoms in total. The largest absolute Gasteiger partial charge is 0.497 e. The Bertz CT molecular complexity index is 233. The number of hydrogen-bond donors (Lipinski definition) is 0. The molecule has 1 rings (SSSR count). The van der Waals surface area contributed by atoms with Crippen molar-refractivity contribution in [2.24, 2.45) is 5.92 Å². The molecular weight excluding hydrogens is 136 g/mol. The number of hydrogen-bond acceptors (Lipinski definition) is 1. The van der Waals surface area contributed by atoms with Crippen LogP contribution in [0.25, 0.3) is 0 Å². The highest BCUT2D eigenvalue weighted by Crippen LogP contribution is 2.36. The summed E-state index contributed by atoms with van der Waals surface area (Å²) >= 11 is 0. The zero-order valence-corrected chi connectivity index (χ0v) is 7.99. The lowest BCUT2D eigenvalue weighted by Gasteiger charge is -2.05. The molecule has 0 amide bonds. The average Bonchev–Trinajstić information content (AvgIpc) is 2.17. The third kappa shape index (κ3) is 1.09. The maximum Gasteiger partial charge on any atom is 0.121 e. The van der Waals surface area contributed by atoms with E-state index in [2.05, 4.69) is 27.7 Å². The summed E-state index contributed by atoms with van der Waals surface area (Å²) in [6.45, 7) is 8.67. The Balaban J connectivity index is 3.07. The van der Waals surface area contributed by atoms with E-state index >= 15 is 0 Å². The second-order valence-electron chi connectivity index (χ2n) is 3.25. The topological polar surface area (TPSA) is 9.23 Å². The minimum atomic E-state index is 0.574. The molecule has 0 saturated heterocycles. The van der Waals surface area contributed by atoms with E-state index in [1.54, 1.807) is 7.11 Å². The second kappa shape index (κ2) is 2.72. The van der Waals surface area contributed by atoms with Gasteiger partial charge in [0.15, 0.2) is 0 Å². The number of ether oxygens (including phenoxy) is 1. The molecule has 0 aliphatic heterocycles. The molecule has 0 bridgehead atoms. The Hall–Kier alpha value is -0.720. The van der Waals surface area contributed by atoms with Crippen LogP contribution in [-0.2, 0) is 4.74 Å². The molecule has 11 heavy (non-hydrogen) atoms. The molecule has 0 aromatic heterocycles. The molecule has 62 valence electrons. The predicted octanol–water partition coefficient (Wildman–Crippen LogP) is 2.89. The standard InChI is InChI=1S/C10H16O/c1-6-7(2)9(4)10(11-5)8(6)3/h6H,1-5H3/t6-/m1/s1. The first-order valence-corrected chi connectivity index (χ1v) is 4.02. The normalized spacial score (nSPS) is 25.0. The first-order chi connectivity index (χ1) is 5.09. The molecule has 1 aliphatic carbocycles. The highest BCUT2D eigenvalue weighted by molar-refractivity contribution is 5.43. The fourth-order valence-electron chi connectivity index (χ4n) is 1.64. The number of rotatable bonds is 1. The van der Waals surface area contributed by atoms with E-state index in [0.717, 1.165) is 5.76 Å². The van der Waals surface area contributed by atoms with Gasteiger partial charge in [-0.15, -0.1) is 0 Å². The van der Waals surface area contributed by atoms with Crippen LogP contribution in [-0.4, -0.2) is 7.11 Å². The molecule has 0 unspecified atom stereocenters. The highest BCUT2D eigenvalue weighted by Gasteiger charge is 2.23. The van der Waals surface area contributed by atoms with Gasteiger partial charge in [-0.3, -0.25) is 0 Å². The zero-order chi connectivity index (χ0) is 8.59. The maximum absolute atomic E-state index is 5.30. The van der Waals surface area contributed by atoms with E-state index in [0.29, 0.717) is 5.92 Å². The summed E-state index contributed by atoms with van der Waals surface area (Å²) in [6.07, 6.45) is 0. The van der Waals surface area contributed by atoms with Gasteiger partial charge >= 0.3 is 0 Å². The van der Waals surface area contributed by atoms with Crippen LogP contribution in [0.4, 0.5) is 0 Å². The molecule has 0 aromatic carbocycles. The smallest absolute Gasteiger partial charge is 0.121 e. The van der Waals surface area contributed by atoms with Crippen molar-refractivity contribution in [1.29, 1.82) is 0 Å². The van der Waals surface area contributed by atoms with Crippen LogP contribution in [0.5, 0.6) is 0 Å². The summed E-state index contributed by atoms with van der Waals surface area (Å²) in [5, 5.41) is 0. The van der Waals surface area contributed by atoms with E-state index in [1.165, 1.54) is 16.7 Å². The van der Waals surface area contributed by atoms with Gasteiger partial charge < -0.3 is 4.74 Å². The molecule has 1 heteroatoms. The van der Waals surface area contributed by atoms with E-state index in [9.17, 15) is 0 Å². The van der Waals surface area contributed by atoms with Crippen molar-refractivity contribution in [3.8, 4) is 0 Å². The average molecular weight is 152 g/mol. The van der Waals surface area contributed by atoms with Crippen LogP contribution < -0.4 is 0 Å². The fraction of sp³-hybridized carbons (Fsp3) is 0.600. The molecule has 1 aliphatic rings. The Morgan fingerprint density at radius 1 is 1.09 bits per heavy atom. The molecule has 0 fully saturated rings. The summed E-state index contributed by atoms with van der Waals surface area (Å²) in [7, 11) is 1.74. The fourth-order valence-corrected chi connectivity index (χ4v) is 1.64. The summed E-state index contributed by atoms with van der Waals surface area (Å²) in [5.74, 6) is 1.67. The minimum Gasteiger partial charge on any atom is -0.497 e. The van der Waals surface area contributed by atoms with E-state index < -0.39 is 0 Å². The van der Waals surface area contributed by atoms with Crippen molar-refractivity contribution < 1.29 is 4.74 Å². The van der Waals surface area contributed by atoms with Gasteiger partial charge in [0.25, 0.3) is 0 Å². The molecule has 0 heterocycles. The van der Waals surface area contributed by atoms with Gasteiger partial charge in [-0.05, 0) is 31.9 Å². The summed E-state index contributed by atoms with van der Waals surface area (Å²) in [5.41, 5.74) is 4.12. The van der Waals surface area contributed by atoms with E-state index in [-0.39, 0.29) is 0 Å². The van der Waals surface area contributed by atoms with Crippen LogP contribution in [0, 0.1) is 5.92 Å². The Morgan fingerprint density at radius 3 is 1.82 bits per heavy atom. The molecular formula is C10H16O. The van der Waals surface area contributed by atoms with Crippen LogP contribution in [0.1, 0.15) is 27.7 Å². The van der Waals surface area contributed by atoms with Crippen molar-refractivity contribution in [1.82, 2.24) is 0 Å². The van der Waals surface area contributed by atoms with Crippen LogP contribution in [0.2, 0.25) is 0 Å². The Kier molecular flexibility index (Phi) is 2.08. The van der Waals surface area contributed by atoms with Crippen molar-refractivity contribution in [3.63, 3.8) is 0 Å². The lowest BCUT2D eigenvalue weighted by molar-refractivity contribution is 0.297. The van der Waals surface area contributed by atoms with Crippen molar-refractivity contribution in [2.75, 3.05) is 7.11 Å². The van der Waals surface area contributed by atoms with Crippen molar-refractivity contribution >= 4 is 0 Å². The lowest BCUT2D eigenvalue weighted by atomic mass is 10.0. The van der Waals surface area contributed by atoms with E-state index in [1.807, 2.05) is 0 Å². The molecule has 0 spiro atoms. The quantitative estimate of drug-likeness (QED) is 0.561. The molecule has 0 N–H and O–H groups in total. The van der Waals surface area contributed by atoms with Gasteiger partial charge in [0, 0.05) is 5.92 Å². The zero-order valence-electron chi connectivity index (χ0n) is 7.99. The third-order valence-electron chi connectivity index (χ3n) is 2.79. The first kappa shape index (κ1) is 8.38. The molecule has 1 atom stereocenters. The number of allylic oxidation sites excluding steroid dienone is 3. The summed E-state index contributed by atoms with van der Waals surface area (Å²) in [6, 6.07) is 0. The van der Waals surface area contributed by atoms with Crippen molar-refractivity contribution in [3.05, 3.63) is 22.5 Å². The van der Waals surface area contributed by atoms with Crippen molar-refractivity contribution in [2.45, 2.75) is 27.7 Å². The van der Waals surface area contributed by atoms with Gasteiger partial charge in [0.05, 0.1) is 7.11 Å². The summed E-state index contributed by atoms with van der Waals surface area (Å²) in [4.78, 5) is 0. The Labute approximate surface area is 68.8 Å². The predicted molar refractivity (Wildman–Crippen MR) is 47.2 cm³/mol. The summed E-state index contributed by atoms with van der Waals surface area (Å²) < 4.78 is 5.30. The SMILES string of the molecule is COC1=C(C)[C@H](C)C(C)=C1C. The van der Waals surface area contributed by atoms with Gasteiger partial charge in [-0.1, -0.05) is 12.5 Å². The van der Waals surface area contributed by atoms with Gasteiger partial charge in [-0.2, -0.15) is 0 Å². The van der Waals surface area contributed by atoms with Gasteiger partial charge in [-0.25, -0.2) is 0 Å². The van der Waals surface area contributed by atoms with E-state index in [4.69, 9.17) is 4.74 Å². The molecule has 0 saturated carbocycles. The monoisotopic (exact) mass is 152 g/mol. The lowest BCUT2D eigenvalue weighted by Crippen LogP contribution is -1.93. The van der Waals surface area contributed by atoms with Gasteiger partial charge in [0.1, 0.15) is 5.76 Å². The first-order valence-electron chi connectivity index (χ1n) is 4.02. The van der Waals surface area contributed by atoms with Crippen LogP contribution in [0.3, 0.4) is 0 Å². The molecule has 0 aromatic rings. The highest BCUT2D eigenvalue weighted by atomic mass is 16.5. The van der Waals surface area contributed by atoms with Crippen LogP contribution >= 0.6 is 0 Å². The number of methoxy groups -OCH3 is 1. The van der Waals surface area contributed by atoms with Gasteiger partial charge in [0.2, 0.25) is 0 Å². The Morgan fingerprint density at radius 2 is 1.64 bits per heavy atom. The second-order valence-corrected chi connectivity index (χ2v) is 3.25. The third-order valence-corrected chi connectivity index (χ3v) is 2.79. The minimum absolute atomic E-state index is 0.574. The maximum atomic E-state index is 5.30. The molecule has 0 radical (unpaired) electrons.